The Hall–Kier alpha value is -2.14. The number of amides is 1. The van der Waals surface area contributed by atoms with E-state index >= 15 is 0 Å². The Balaban J connectivity index is 1.90. The molecule has 0 aliphatic carbocycles. The van der Waals surface area contributed by atoms with Crippen molar-refractivity contribution in [3.63, 3.8) is 0 Å². The molecule has 2 aromatic rings. The lowest BCUT2D eigenvalue weighted by Crippen LogP contribution is -2.28. The Morgan fingerprint density at radius 1 is 1.44 bits per heavy atom. The number of aromatic amines is 1. The molecule has 5 nitrogen and oxygen atoms in total. The highest BCUT2D eigenvalue weighted by Gasteiger charge is 2.30. The first-order valence-corrected chi connectivity index (χ1v) is 5.74. The lowest BCUT2D eigenvalue weighted by molar-refractivity contribution is -0.122. The van der Waals surface area contributed by atoms with Crippen molar-refractivity contribution in [3.05, 3.63) is 46.2 Å². The molecule has 5 heteroatoms. The average molecular weight is 244 g/mol. The Bertz CT molecular complexity index is 659. The van der Waals surface area contributed by atoms with Crippen LogP contribution in [0.25, 0.3) is 10.9 Å². The van der Waals surface area contributed by atoms with Crippen molar-refractivity contribution < 1.29 is 9.53 Å². The molecule has 3 rings (SSSR count). The molecule has 1 amide bonds. The number of aromatic nitrogens is 1. The van der Waals surface area contributed by atoms with Crippen LogP contribution in [0.15, 0.2) is 35.1 Å². The number of para-hydroxylation sites is 1. The molecule has 1 aliphatic heterocycles. The number of benzene rings is 1. The summed E-state index contributed by atoms with van der Waals surface area (Å²) in [5.41, 5.74) is 1.42. The highest BCUT2D eigenvalue weighted by Crippen LogP contribution is 2.15. The number of fused-ring (bicyclic) bond motifs is 1. The standard InChI is InChI=1S/C13H12N2O3/c16-12-5-8(6-14-13(17)11-7-18-11)9-3-1-2-4-10(9)15-12/h1-5,11H,6-7H2,(H,14,17)(H,15,16). The van der Waals surface area contributed by atoms with Crippen LogP contribution in [0.3, 0.4) is 0 Å². The number of carbonyl (C=O) groups is 1. The molecule has 1 aromatic carbocycles. The molecule has 2 heterocycles. The van der Waals surface area contributed by atoms with Crippen LogP contribution in [-0.2, 0) is 16.1 Å². The number of H-pyrrole nitrogens is 1. The Morgan fingerprint density at radius 3 is 3.00 bits per heavy atom. The van der Waals surface area contributed by atoms with E-state index in [2.05, 4.69) is 10.3 Å². The molecule has 0 bridgehead atoms. The summed E-state index contributed by atoms with van der Waals surface area (Å²) in [5.74, 6) is -0.126. The molecule has 0 radical (unpaired) electrons. The maximum Gasteiger partial charge on any atom is 0.251 e. The van der Waals surface area contributed by atoms with Crippen molar-refractivity contribution >= 4 is 16.8 Å². The van der Waals surface area contributed by atoms with E-state index in [1.54, 1.807) is 0 Å². The van der Waals surface area contributed by atoms with Crippen LogP contribution in [0.1, 0.15) is 5.56 Å². The third-order valence-corrected chi connectivity index (χ3v) is 2.92. The summed E-state index contributed by atoms with van der Waals surface area (Å²) in [6.07, 6.45) is -0.307. The topological polar surface area (TPSA) is 74.5 Å². The van der Waals surface area contributed by atoms with Crippen LogP contribution >= 0.6 is 0 Å². The Morgan fingerprint density at radius 2 is 2.22 bits per heavy atom. The van der Waals surface area contributed by atoms with Crippen LogP contribution in [0, 0.1) is 0 Å². The smallest absolute Gasteiger partial charge is 0.251 e. The van der Waals surface area contributed by atoms with Crippen LogP contribution in [0.5, 0.6) is 0 Å². The van der Waals surface area contributed by atoms with E-state index in [-0.39, 0.29) is 17.6 Å². The van der Waals surface area contributed by atoms with E-state index in [0.717, 1.165) is 16.5 Å². The molecule has 1 aromatic heterocycles. The van der Waals surface area contributed by atoms with E-state index in [1.165, 1.54) is 6.07 Å². The Kier molecular flexibility index (Phi) is 2.60. The SMILES string of the molecule is O=C(NCc1cc(=O)[nH]c2ccccc12)C1CO1. The van der Waals surface area contributed by atoms with Crippen molar-refractivity contribution in [1.82, 2.24) is 10.3 Å². The average Bonchev–Trinajstić information content (AvgIpc) is 3.19. The van der Waals surface area contributed by atoms with Crippen LogP contribution < -0.4 is 10.9 Å². The summed E-state index contributed by atoms with van der Waals surface area (Å²) >= 11 is 0. The number of hydrogen-bond acceptors (Lipinski definition) is 3. The predicted molar refractivity (Wildman–Crippen MR) is 66.2 cm³/mol. The van der Waals surface area contributed by atoms with Gasteiger partial charge in [0.1, 0.15) is 0 Å². The molecule has 2 N–H and O–H groups in total. The number of epoxide rings is 1. The molecular weight excluding hydrogens is 232 g/mol. The fraction of sp³-hybridized carbons (Fsp3) is 0.231. The lowest BCUT2D eigenvalue weighted by Gasteiger charge is -2.07. The van der Waals surface area contributed by atoms with Crippen molar-refractivity contribution in [1.29, 1.82) is 0 Å². The quantitative estimate of drug-likeness (QED) is 0.774. The summed E-state index contributed by atoms with van der Waals surface area (Å²) in [5, 5.41) is 3.70. The lowest BCUT2D eigenvalue weighted by atomic mass is 10.1. The minimum Gasteiger partial charge on any atom is -0.363 e. The zero-order chi connectivity index (χ0) is 12.5. The first-order valence-electron chi connectivity index (χ1n) is 5.74. The van der Waals surface area contributed by atoms with Gasteiger partial charge in [-0.05, 0) is 11.6 Å². The number of ether oxygens (including phenoxy) is 1. The van der Waals surface area contributed by atoms with Gasteiger partial charge in [0.05, 0.1) is 6.61 Å². The molecule has 1 aliphatic rings. The summed E-state index contributed by atoms with van der Waals surface area (Å²) in [4.78, 5) is 25.7. The predicted octanol–water partition coefficient (Wildman–Crippen LogP) is 0.543. The van der Waals surface area contributed by atoms with Gasteiger partial charge in [-0.2, -0.15) is 0 Å². The van der Waals surface area contributed by atoms with Gasteiger partial charge in [0.2, 0.25) is 5.56 Å². The van der Waals surface area contributed by atoms with E-state index in [9.17, 15) is 9.59 Å². The second kappa shape index (κ2) is 4.27. The fourth-order valence-corrected chi connectivity index (χ4v) is 1.92. The first-order chi connectivity index (χ1) is 8.74. The van der Waals surface area contributed by atoms with Crippen LogP contribution in [0.2, 0.25) is 0 Å². The number of hydrogen-bond donors (Lipinski definition) is 2. The highest BCUT2D eigenvalue weighted by molar-refractivity contribution is 5.85. The summed E-state index contributed by atoms with van der Waals surface area (Å²) < 4.78 is 4.89. The molecule has 1 fully saturated rings. The fourth-order valence-electron chi connectivity index (χ4n) is 1.92. The van der Waals surface area contributed by atoms with E-state index in [1.807, 2.05) is 24.3 Å². The molecule has 1 unspecified atom stereocenters. The molecular formula is C13H12N2O3. The van der Waals surface area contributed by atoms with Gasteiger partial charge < -0.3 is 15.0 Å². The van der Waals surface area contributed by atoms with Gasteiger partial charge in [0.15, 0.2) is 6.10 Å². The third kappa shape index (κ3) is 2.12. The van der Waals surface area contributed by atoms with Crippen molar-refractivity contribution in [2.75, 3.05) is 6.61 Å². The molecule has 0 spiro atoms. The molecule has 92 valence electrons. The normalized spacial score (nSPS) is 17.7. The first kappa shape index (κ1) is 11.0. The maximum atomic E-state index is 11.5. The van der Waals surface area contributed by atoms with Gasteiger partial charge in [0.25, 0.3) is 5.91 Å². The van der Waals surface area contributed by atoms with Gasteiger partial charge in [-0.3, -0.25) is 9.59 Å². The van der Waals surface area contributed by atoms with Crippen LogP contribution in [0.4, 0.5) is 0 Å². The maximum absolute atomic E-state index is 11.5. The summed E-state index contributed by atoms with van der Waals surface area (Å²) in [7, 11) is 0. The van der Waals surface area contributed by atoms with E-state index < -0.39 is 0 Å². The molecule has 0 saturated carbocycles. The number of pyridine rings is 1. The van der Waals surface area contributed by atoms with Gasteiger partial charge in [-0.25, -0.2) is 0 Å². The zero-order valence-electron chi connectivity index (χ0n) is 9.60. The largest absolute Gasteiger partial charge is 0.363 e. The van der Waals surface area contributed by atoms with Gasteiger partial charge in [0, 0.05) is 23.5 Å². The second-order valence-corrected chi connectivity index (χ2v) is 4.24. The Labute approximate surface area is 103 Å². The summed E-state index contributed by atoms with van der Waals surface area (Å²) in [6.45, 7) is 0.824. The highest BCUT2D eigenvalue weighted by atomic mass is 16.6. The minimum atomic E-state index is -0.307. The zero-order valence-corrected chi connectivity index (χ0v) is 9.60. The van der Waals surface area contributed by atoms with Crippen molar-refractivity contribution in [3.8, 4) is 0 Å². The van der Waals surface area contributed by atoms with Gasteiger partial charge >= 0.3 is 0 Å². The van der Waals surface area contributed by atoms with Crippen molar-refractivity contribution in [2.24, 2.45) is 0 Å². The van der Waals surface area contributed by atoms with E-state index in [4.69, 9.17) is 4.74 Å². The third-order valence-electron chi connectivity index (χ3n) is 2.92. The number of nitrogens with one attached hydrogen (secondary N) is 2. The number of rotatable bonds is 3. The monoisotopic (exact) mass is 244 g/mol. The molecule has 1 atom stereocenters. The van der Waals surface area contributed by atoms with Crippen LogP contribution in [-0.4, -0.2) is 23.6 Å². The van der Waals surface area contributed by atoms with E-state index in [0.29, 0.717) is 13.2 Å². The van der Waals surface area contributed by atoms with Crippen molar-refractivity contribution in [2.45, 2.75) is 12.6 Å². The molecule has 18 heavy (non-hydrogen) atoms. The van der Waals surface area contributed by atoms with Gasteiger partial charge in [-0.15, -0.1) is 0 Å². The molecule has 1 saturated heterocycles. The second-order valence-electron chi connectivity index (χ2n) is 4.24. The van der Waals surface area contributed by atoms with Gasteiger partial charge in [-0.1, -0.05) is 18.2 Å². The number of carbonyl (C=O) groups excluding carboxylic acids is 1. The summed E-state index contributed by atoms with van der Waals surface area (Å²) in [6, 6.07) is 9.03. The minimum absolute atomic E-state index is 0.126.